The molecule has 2 amide bonds. The van der Waals surface area contributed by atoms with E-state index in [1.807, 2.05) is 31.2 Å². The molecule has 2 atom stereocenters. The number of amides is 2. The van der Waals surface area contributed by atoms with Crippen molar-refractivity contribution in [1.29, 1.82) is 0 Å². The Morgan fingerprint density at radius 2 is 2.00 bits per heavy atom. The van der Waals surface area contributed by atoms with Crippen molar-refractivity contribution in [3.8, 4) is 0 Å². The van der Waals surface area contributed by atoms with Gasteiger partial charge >= 0.3 is 6.03 Å². The Kier molecular flexibility index (Phi) is 6.68. The summed E-state index contributed by atoms with van der Waals surface area (Å²) < 4.78 is 5.34. The first kappa shape index (κ1) is 16.8. The van der Waals surface area contributed by atoms with Gasteiger partial charge in [-0.05, 0) is 37.5 Å². The maximum absolute atomic E-state index is 12.1. The second kappa shape index (κ2) is 8.76. The maximum Gasteiger partial charge on any atom is 0.319 e. The summed E-state index contributed by atoms with van der Waals surface area (Å²) in [7, 11) is 0. The number of hydrogen-bond donors (Lipinski definition) is 3. The lowest BCUT2D eigenvalue weighted by atomic mass is 9.85. The highest BCUT2D eigenvalue weighted by molar-refractivity contribution is 5.89. The fraction of sp³-hybridized carbons (Fsp3) is 0.588. The highest BCUT2D eigenvalue weighted by atomic mass is 16.5. The van der Waals surface area contributed by atoms with E-state index in [4.69, 9.17) is 4.74 Å². The fourth-order valence-corrected chi connectivity index (χ4v) is 2.86. The number of anilines is 1. The molecule has 5 heteroatoms. The molecule has 1 aromatic carbocycles. The van der Waals surface area contributed by atoms with Crippen LogP contribution in [0.3, 0.4) is 0 Å². The third-order valence-corrected chi connectivity index (χ3v) is 4.14. The van der Waals surface area contributed by atoms with Crippen LogP contribution in [-0.2, 0) is 11.3 Å². The number of aliphatic hydroxyl groups is 1. The number of urea groups is 1. The molecule has 0 heterocycles. The molecule has 1 aliphatic rings. The third-order valence-electron chi connectivity index (χ3n) is 4.14. The van der Waals surface area contributed by atoms with Crippen LogP contribution in [0.4, 0.5) is 10.5 Å². The predicted molar refractivity (Wildman–Crippen MR) is 86.8 cm³/mol. The number of benzene rings is 1. The van der Waals surface area contributed by atoms with Crippen LogP contribution in [0.1, 0.15) is 38.2 Å². The molecule has 5 nitrogen and oxygen atoms in total. The Hall–Kier alpha value is -1.59. The molecule has 1 aromatic rings. The summed E-state index contributed by atoms with van der Waals surface area (Å²) in [5.74, 6) is 0.174. The van der Waals surface area contributed by atoms with Gasteiger partial charge in [0.15, 0.2) is 0 Å². The van der Waals surface area contributed by atoms with Crippen LogP contribution in [0.2, 0.25) is 0 Å². The number of hydrogen-bond acceptors (Lipinski definition) is 3. The molecular weight excluding hydrogens is 280 g/mol. The molecule has 122 valence electrons. The summed E-state index contributed by atoms with van der Waals surface area (Å²) in [5.41, 5.74) is 1.84. The van der Waals surface area contributed by atoms with Crippen LogP contribution in [0.5, 0.6) is 0 Å². The largest absolute Gasteiger partial charge is 0.396 e. The summed E-state index contributed by atoms with van der Waals surface area (Å²) in [4.78, 5) is 12.1. The van der Waals surface area contributed by atoms with Crippen LogP contribution in [-0.4, -0.2) is 30.4 Å². The van der Waals surface area contributed by atoms with Crippen LogP contribution in [0, 0.1) is 5.92 Å². The van der Waals surface area contributed by atoms with Crippen molar-refractivity contribution < 1.29 is 14.6 Å². The molecule has 3 N–H and O–H groups in total. The van der Waals surface area contributed by atoms with Gasteiger partial charge in [-0.15, -0.1) is 0 Å². The molecule has 1 fully saturated rings. The topological polar surface area (TPSA) is 70.6 Å². The minimum Gasteiger partial charge on any atom is -0.396 e. The summed E-state index contributed by atoms with van der Waals surface area (Å²) in [6, 6.07) is 7.50. The summed E-state index contributed by atoms with van der Waals surface area (Å²) in [5, 5.41) is 15.2. The molecule has 1 saturated carbocycles. The van der Waals surface area contributed by atoms with Gasteiger partial charge in [0.2, 0.25) is 0 Å². The van der Waals surface area contributed by atoms with Gasteiger partial charge in [-0.3, -0.25) is 0 Å². The van der Waals surface area contributed by atoms with E-state index >= 15 is 0 Å². The highest BCUT2D eigenvalue weighted by Crippen LogP contribution is 2.24. The number of carbonyl (C=O) groups excluding carboxylic acids is 1. The zero-order valence-corrected chi connectivity index (χ0v) is 13.2. The molecule has 0 aromatic heterocycles. The first-order valence-corrected chi connectivity index (χ1v) is 8.08. The van der Waals surface area contributed by atoms with Crippen molar-refractivity contribution in [3.63, 3.8) is 0 Å². The van der Waals surface area contributed by atoms with Crippen molar-refractivity contribution in [3.05, 3.63) is 29.8 Å². The number of nitrogens with one attached hydrogen (secondary N) is 2. The van der Waals surface area contributed by atoms with Crippen LogP contribution < -0.4 is 10.6 Å². The lowest BCUT2D eigenvalue weighted by Gasteiger charge is -2.30. The lowest BCUT2D eigenvalue weighted by Crippen LogP contribution is -2.45. The van der Waals surface area contributed by atoms with E-state index in [1.165, 1.54) is 0 Å². The summed E-state index contributed by atoms with van der Waals surface area (Å²) in [6.07, 6.45) is 4.15. The molecule has 1 aliphatic carbocycles. The van der Waals surface area contributed by atoms with Crippen LogP contribution in [0.15, 0.2) is 24.3 Å². The van der Waals surface area contributed by atoms with E-state index < -0.39 is 0 Å². The maximum atomic E-state index is 12.1. The number of rotatable bonds is 6. The number of aliphatic hydroxyl groups excluding tert-OH is 1. The van der Waals surface area contributed by atoms with Crippen LogP contribution >= 0.6 is 0 Å². The Morgan fingerprint density at radius 3 is 2.68 bits per heavy atom. The van der Waals surface area contributed by atoms with E-state index in [2.05, 4.69) is 10.6 Å². The van der Waals surface area contributed by atoms with Gasteiger partial charge in [0.25, 0.3) is 0 Å². The average molecular weight is 306 g/mol. The molecule has 0 radical (unpaired) electrons. The van der Waals surface area contributed by atoms with E-state index in [9.17, 15) is 9.90 Å². The van der Waals surface area contributed by atoms with E-state index in [1.54, 1.807) is 0 Å². The zero-order valence-electron chi connectivity index (χ0n) is 13.2. The molecule has 22 heavy (non-hydrogen) atoms. The van der Waals surface area contributed by atoms with E-state index in [0.29, 0.717) is 13.2 Å². The van der Waals surface area contributed by atoms with Gasteiger partial charge in [-0.1, -0.05) is 25.0 Å². The minimum absolute atomic E-state index is 0.0657. The molecule has 0 unspecified atom stereocenters. The van der Waals surface area contributed by atoms with Gasteiger partial charge in [-0.25, -0.2) is 4.79 Å². The molecule has 0 aliphatic heterocycles. The fourth-order valence-electron chi connectivity index (χ4n) is 2.86. The first-order valence-electron chi connectivity index (χ1n) is 8.08. The molecular formula is C17H26N2O3. The lowest BCUT2D eigenvalue weighted by molar-refractivity contribution is 0.134. The smallest absolute Gasteiger partial charge is 0.319 e. The molecule has 2 rings (SSSR count). The standard InChI is InChI=1S/C17H26N2O3/c1-2-22-12-13-7-9-15(10-8-13)18-17(21)19-16-6-4-3-5-14(16)11-20/h7-10,14,16,20H,2-6,11-12H2,1H3,(H2,18,19,21)/t14-,16-/m1/s1. The Balaban J connectivity index is 1.83. The third kappa shape index (κ3) is 5.00. The molecule has 0 spiro atoms. The number of ether oxygens (including phenoxy) is 1. The quantitative estimate of drug-likeness (QED) is 0.757. The van der Waals surface area contributed by atoms with Crippen LogP contribution in [0.25, 0.3) is 0 Å². The second-order valence-corrected chi connectivity index (χ2v) is 5.77. The summed E-state index contributed by atoms with van der Waals surface area (Å²) >= 11 is 0. The zero-order chi connectivity index (χ0) is 15.8. The SMILES string of the molecule is CCOCc1ccc(NC(=O)N[C@@H]2CCCC[C@@H]2CO)cc1. The minimum atomic E-state index is -0.206. The molecule has 0 saturated heterocycles. The highest BCUT2D eigenvalue weighted by Gasteiger charge is 2.25. The van der Waals surface area contributed by atoms with Crippen molar-refractivity contribution in [2.75, 3.05) is 18.5 Å². The van der Waals surface area contributed by atoms with Gasteiger partial charge < -0.3 is 20.5 Å². The Labute approximate surface area is 132 Å². The predicted octanol–water partition coefficient (Wildman–Crippen LogP) is 2.90. The number of carbonyl (C=O) groups is 1. The van der Waals surface area contributed by atoms with Gasteiger partial charge in [0.05, 0.1) is 6.61 Å². The van der Waals surface area contributed by atoms with Crippen molar-refractivity contribution in [2.45, 2.75) is 45.3 Å². The second-order valence-electron chi connectivity index (χ2n) is 5.77. The van der Waals surface area contributed by atoms with Gasteiger partial charge in [-0.2, -0.15) is 0 Å². The van der Waals surface area contributed by atoms with E-state index in [0.717, 1.165) is 36.9 Å². The van der Waals surface area contributed by atoms with Gasteiger partial charge in [0, 0.05) is 30.9 Å². The first-order chi connectivity index (χ1) is 10.7. The Bertz CT molecular complexity index is 461. The molecule has 0 bridgehead atoms. The monoisotopic (exact) mass is 306 g/mol. The van der Waals surface area contributed by atoms with Crippen molar-refractivity contribution in [2.24, 2.45) is 5.92 Å². The van der Waals surface area contributed by atoms with Gasteiger partial charge in [0.1, 0.15) is 0 Å². The van der Waals surface area contributed by atoms with Crippen molar-refractivity contribution >= 4 is 11.7 Å². The van der Waals surface area contributed by atoms with E-state index in [-0.39, 0.29) is 24.6 Å². The summed E-state index contributed by atoms with van der Waals surface area (Å²) in [6.45, 7) is 3.38. The Morgan fingerprint density at radius 1 is 1.27 bits per heavy atom. The normalized spacial score (nSPS) is 21.4. The average Bonchev–Trinajstić information content (AvgIpc) is 2.54. The van der Waals surface area contributed by atoms with Crippen molar-refractivity contribution in [1.82, 2.24) is 5.32 Å².